The molecule has 1 aromatic heterocycles. The van der Waals surface area contributed by atoms with Crippen LogP contribution in [0.15, 0.2) is 78.9 Å². The minimum atomic E-state index is -4.71. The third kappa shape index (κ3) is 6.06. The van der Waals surface area contributed by atoms with Gasteiger partial charge in [0.1, 0.15) is 5.69 Å². The molecule has 38 heavy (non-hydrogen) atoms. The molecule has 9 heteroatoms. The summed E-state index contributed by atoms with van der Waals surface area (Å²) in [5, 5.41) is 6.46. The highest BCUT2D eigenvalue weighted by Crippen LogP contribution is 2.37. The summed E-state index contributed by atoms with van der Waals surface area (Å²) in [5.41, 5.74) is 6.68. The van der Waals surface area contributed by atoms with Crippen molar-refractivity contribution in [3.8, 4) is 5.69 Å². The Hall–Kier alpha value is -3.69. The van der Waals surface area contributed by atoms with E-state index >= 15 is 0 Å². The Morgan fingerprint density at radius 2 is 1.95 bits per heavy atom. The van der Waals surface area contributed by atoms with Crippen LogP contribution in [0.1, 0.15) is 52.7 Å². The van der Waals surface area contributed by atoms with E-state index in [1.165, 1.54) is 12.8 Å². The predicted molar refractivity (Wildman–Crippen MR) is 139 cm³/mol. The van der Waals surface area contributed by atoms with Crippen LogP contribution in [0.4, 0.5) is 18.9 Å². The first-order chi connectivity index (χ1) is 18.3. The van der Waals surface area contributed by atoms with Crippen LogP contribution in [-0.2, 0) is 17.5 Å². The first-order valence-electron chi connectivity index (χ1n) is 12.6. The molecule has 1 heterocycles. The summed E-state index contributed by atoms with van der Waals surface area (Å²) in [4.78, 5) is 13.3. The van der Waals surface area contributed by atoms with Gasteiger partial charge >= 0.3 is 6.18 Å². The monoisotopic (exact) mass is 522 g/mol. The number of carbonyl (C=O) groups excluding carboxylic acids is 1. The van der Waals surface area contributed by atoms with E-state index in [1.807, 2.05) is 30.4 Å². The number of hydrogen-bond acceptors (Lipinski definition) is 4. The fraction of sp³-hybridized carbons (Fsp3) is 0.310. The van der Waals surface area contributed by atoms with Crippen molar-refractivity contribution in [3.05, 3.63) is 101 Å². The Balaban J connectivity index is 1.42. The normalized spacial score (nSPS) is 17.9. The Morgan fingerprint density at radius 3 is 2.66 bits per heavy atom. The highest BCUT2D eigenvalue weighted by Gasteiger charge is 2.36. The zero-order valence-corrected chi connectivity index (χ0v) is 20.7. The molecular weight excluding hydrogens is 493 g/mol. The molecule has 2 aliphatic rings. The van der Waals surface area contributed by atoms with E-state index in [1.54, 1.807) is 30.3 Å². The lowest BCUT2D eigenvalue weighted by atomic mass is 9.90. The van der Waals surface area contributed by atoms with E-state index in [4.69, 9.17) is 10.5 Å². The lowest BCUT2D eigenvalue weighted by Gasteiger charge is -2.26. The number of hydrogen-bond donors (Lipinski definition) is 2. The van der Waals surface area contributed by atoms with E-state index in [9.17, 15) is 18.0 Å². The van der Waals surface area contributed by atoms with Gasteiger partial charge in [0.2, 0.25) is 0 Å². The van der Waals surface area contributed by atoms with Crippen LogP contribution in [-0.4, -0.2) is 22.3 Å². The number of amides is 1. The zero-order chi connectivity index (χ0) is 26.7. The Kier molecular flexibility index (Phi) is 7.49. The third-order valence-corrected chi connectivity index (χ3v) is 6.71. The van der Waals surface area contributed by atoms with Gasteiger partial charge in [0.25, 0.3) is 5.91 Å². The number of carbonyl (C=O) groups is 1. The summed E-state index contributed by atoms with van der Waals surface area (Å²) in [5.74, 6) is 0.0268. The molecule has 0 saturated heterocycles. The molecular formula is C29H29F3N4O2. The molecule has 2 unspecified atom stereocenters. The van der Waals surface area contributed by atoms with E-state index in [0.29, 0.717) is 29.5 Å². The van der Waals surface area contributed by atoms with Gasteiger partial charge < -0.3 is 15.8 Å². The molecule has 0 aliphatic heterocycles. The molecule has 1 fully saturated rings. The number of nitrogens with zero attached hydrogens (tertiary/aromatic N) is 2. The van der Waals surface area contributed by atoms with Crippen LogP contribution in [0, 0.1) is 11.8 Å². The summed E-state index contributed by atoms with van der Waals surface area (Å²) in [6.07, 6.45) is 6.51. The highest BCUT2D eigenvalue weighted by molar-refractivity contribution is 6.03. The van der Waals surface area contributed by atoms with Gasteiger partial charge in [0.05, 0.1) is 18.4 Å². The van der Waals surface area contributed by atoms with E-state index < -0.39 is 17.8 Å². The Bertz CT molecular complexity index is 1360. The fourth-order valence-corrected chi connectivity index (χ4v) is 4.50. The van der Waals surface area contributed by atoms with Crippen LogP contribution in [0.25, 0.3) is 5.69 Å². The Morgan fingerprint density at radius 1 is 1.13 bits per heavy atom. The number of nitrogens with one attached hydrogen (secondary N) is 1. The number of anilines is 1. The van der Waals surface area contributed by atoms with Crippen molar-refractivity contribution in [1.29, 1.82) is 0 Å². The van der Waals surface area contributed by atoms with Crippen molar-refractivity contribution in [2.45, 2.75) is 38.1 Å². The molecule has 0 radical (unpaired) electrons. The van der Waals surface area contributed by atoms with Gasteiger partial charge in [-0.2, -0.15) is 18.3 Å². The molecule has 0 bridgehead atoms. The topological polar surface area (TPSA) is 82.2 Å². The molecule has 0 spiro atoms. The molecule has 2 aromatic carbocycles. The molecule has 3 N–H and O–H groups in total. The molecule has 198 valence electrons. The zero-order valence-electron chi connectivity index (χ0n) is 20.7. The second-order valence-electron chi connectivity index (χ2n) is 9.69. The fourth-order valence-electron chi connectivity index (χ4n) is 4.50. The number of nitrogens with two attached hydrogens (primary N) is 1. The smallest absolute Gasteiger partial charge is 0.373 e. The first-order valence-corrected chi connectivity index (χ1v) is 12.6. The quantitative estimate of drug-likeness (QED) is 0.351. The molecule has 1 amide bonds. The second kappa shape index (κ2) is 11.0. The van der Waals surface area contributed by atoms with Crippen molar-refractivity contribution in [3.63, 3.8) is 0 Å². The van der Waals surface area contributed by atoms with E-state index in [0.717, 1.165) is 22.7 Å². The number of aromatic nitrogens is 2. The average molecular weight is 523 g/mol. The second-order valence-corrected chi connectivity index (χ2v) is 9.69. The van der Waals surface area contributed by atoms with Gasteiger partial charge in [0.15, 0.2) is 5.69 Å². The molecule has 2 aliphatic carbocycles. The lowest BCUT2D eigenvalue weighted by Crippen LogP contribution is -2.19. The van der Waals surface area contributed by atoms with Crippen LogP contribution in [0.2, 0.25) is 0 Å². The van der Waals surface area contributed by atoms with Crippen molar-refractivity contribution < 1.29 is 22.7 Å². The standard InChI is InChI=1S/C29H29F3N4O2/c30-29(31,32)26-16-25(36(35-26)24-11-4-6-20(14-24)17-33)28(37)34-23-10-5-9-22(15-23)27(38-18-19-12-13-19)21-7-2-1-3-8-21/h1-7,9-11,14-16,19,21,27H,8,12-13,17-18,33H2,(H,34,37). The maximum Gasteiger partial charge on any atom is 0.435 e. The summed E-state index contributed by atoms with van der Waals surface area (Å²) >= 11 is 0. The van der Waals surface area contributed by atoms with Crippen molar-refractivity contribution in [2.24, 2.45) is 17.6 Å². The van der Waals surface area contributed by atoms with E-state index in [2.05, 4.69) is 22.6 Å². The maximum atomic E-state index is 13.5. The third-order valence-electron chi connectivity index (χ3n) is 6.71. The van der Waals surface area contributed by atoms with Gasteiger partial charge in [-0.15, -0.1) is 0 Å². The minimum absolute atomic E-state index is 0.148. The molecule has 5 rings (SSSR count). The number of benzene rings is 2. The van der Waals surface area contributed by atoms with Crippen LogP contribution in [0.5, 0.6) is 0 Å². The van der Waals surface area contributed by atoms with E-state index in [-0.39, 0.29) is 24.3 Å². The minimum Gasteiger partial charge on any atom is -0.373 e. The number of alkyl halides is 3. The molecule has 1 saturated carbocycles. The summed E-state index contributed by atoms with van der Waals surface area (Å²) in [6.45, 7) is 0.877. The van der Waals surface area contributed by atoms with Crippen molar-refractivity contribution >= 4 is 11.6 Å². The largest absolute Gasteiger partial charge is 0.435 e. The Labute approximate surface area is 219 Å². The number of ether oxygens (including phenoxy) is 1. The molecule has 2 atom stereocenters. The van der Waals surface area contributed by atoms with Crippen LogP contribution >= 0.6 is 0 Å². The SMILES string of the molecule is NCc1cccc(-n2nc(C(F)(F)F)cc2C(=O)Nc2cccc(C(OCC3CC3)C3C=CC=CC3)c2)c1. The molecule has 6 nitrogen and oxygen atoms in total. The van der Waals surface area contributed by atoms with Gasteiger partial charge in [0, 0.05) is 24.2 Å². The predicted octanol–water partition coefficient (Wildman–Crippen LogP) is 6.20. The van der Waals surface area contributed by atoms with Crippen molar-refractivity contribution in [2.75, 3.05) is 11.9 Å². The number of allylic oxidation sites excluding steroid dienone is 3. The van der Waals surface area contributed by atoms with Crippen LogP contribution < -0.4 is 11.1 Å². The van der Waals surface area contributed by atoms with Gasteiger partial charge in [-0.3, -0.25) is 4.79 Å². The average Bonchev–Trinajstić information content (AvgIpc) is 3.63. The van der Waals surface area contributed by atoms with Gasteiger partial charge in [-0.1, -0.05) is 48.6 Å². The van der Waals surface area contributed by atoms with Crippen LogP contribution in [0.3, 0.4) is 0 Å². The number of halogens is 3. The molecule has 3 aromatic rings. The summed E-state index contributed by atoms with van der Waals surface area (Å²) in [7, 11) is 0. The first kappa shape index (κ1) is 25.9. The summed E-state index contributed by atoms with van der Waals surface area (Å²) in [6, 6.07) is 14.6. The number of rotatable bonds is 9. The van der Waals surface area contributed by atoms with Gasteiger partial charge in [-0.05, 0) is 60.6 Å². The highest BCUT2D eigenvalue weighted by atomic mass is 19.4. The van der Waals surface area contributed by atoms with Crippen molar-refractivity contribution in [1.82, 2.24) is 9.78 Å². The summed E-state index contributed by atoms with van der Waals surface area (Å²) < 4.78 is 47.9. The van der Waals surface area contributed by atoms with Gasteiger partial charge in [-0.25, -0.2) is 4.68 Å². The maximum absolute atomic E-state index is 13.5. The lowest BCUT2D eigenvalue weighted by molar-refractivity contribution is -0.141.